The van der Waals surface area contributed by atoms with Crippen LogP contribution in [-0.2, 0) is 4.74 Å². The molecule has 1 aliphatic rings. The summed E-state index contributed by atoms with van der Waals surface area (Å²) >= 11 is 0. The van der Waals surface area contributed by atoms with E-state index in [0.29, 0.717) is 6.61 Å². The van der Waals surface area contributed by atoms with Gasteiger partial charge in [0.05, 0.1) is 13.2 Å². The summed E-state index contributed by atoms with van der Waals surface area (Å²) in [6.45, 7) is 2.78. The Balaban J connectivity index is 1.75. The van der Waals surface area contributed by atoms with Crippen molar-refractivity contribution in [2.75, 3.05) is 19.8 Å². The molecule has 0 unspecified atom stereocenters. The number of aliphatic hydroxyl groups excluding tert-OH is 2. The van der Waals surface area contributed by atoms with Crippen LogP contribution in [0.4, 0.5) is 0 Å². The molecule has 3 heteroatoms. The molecule has 150 valence electrons. The lowest BCUT2D eigenvalue weighted by Gasteiger charge is -2.11. The quantitative estimate of drug-likeness (QED) is 0.302. The molecule has 1 aliphatic carbocycles. The second-order valence-electron chi connectivity index (χ2n) is 8.08. The van der Waals surface area contributed by atoms with E-state index in [1.165, 1.54) is 89.9 Å². The summed E-state index contributed by atoms with van der Waals surface area (Å²) in [7, 11) is 0. The molecular weight excluding hydrogens is 312 g/mol. The summed E-state index contributed by atoms with van der Waals surface area (Å²) in [6.07, 6.45) is 20.4. The maximum atomic E-state index is 8.90. The van der Waals surface area contributed by atoms with E-state index in [-0.39, 0.29) is 19.3 Å². The SMILES string of the molecule is CCCCCCCC[C@H]1C[C@H]1CCCCCCCCOC(CO)CO. The van der Waals surface area contributed by atoms with E-state index in [2.05, 4.69) is 6.92 Å². The first-order valence-corrected chi connectivity index (χ1v) is 11.1. The second-order valence-corrected chi connectivity index (χ2v) is 8.08. The standard InChI is InChI=1S/C22H44O3/c1-2-3-4-5-8-11-14-20-17-21(20)15-12-9-6-7-10-13-16-25-22(18-23)19-24/h20-24H,2-19H2,1H3/t20-,21+/m0/s1. The van der Waals surface area contributed by atoms with E-state index < -0.39 is 0 Å². The summed E-state index contributed by atoms with van der Waals surface area (Å²) in [5, 5.41) is 17.8. The molecule has 0 saturated heterocycles. The third-order valence-corrected chi connectivity index (χ3v) is 5.73. The number of hydrogen-bond acceptors (Lipinski definition) is 3. The molecule has 2 atom stereocenters. The van der Waals surface area contributed by atoms with Gasteiger partial charge in [-0.1, -0.05) is 90.4 Å². The fourth-order valence-electron chi connectivity index (χ4n) is 3.83. The van der Waals surface area contributed by atoms with Crippen LogP contribution in [0, 0.1) is 11.8 Å². The Morgan fingerprint density at radius 1 is 0.720 bits per heavy atom. The van der Waals surface area contributed by atoms with E-state index in [0.717, 1.165) is 18.3 Å². The largest absolute Gasteiger partial charge is 0.394 e. The predicted octanol–water partition coefficient (Wildman–Crippen LogP) is 5.47. The minimum Gasteiger partial charge on any atom is -0.394 e. The van der Waals surface area contributed by atoms with Crippen molar-refractivity contribution in [3.8, 4) is 0 Å². The molecule has 0 amide bonds. The molecule has 0 aromatic rings. The second kappa shape index (κ2) is 16.1. The Bertz CT molecular complexity index is 278. The number of rotatable bonds is 19. The van der Waals surface area contributed by atoms with Crippen LogP contribution in [0.2, 0.25) is 0 Å². The van der Waals surface area contributed by atoms with Crippen molar-refractivity contribution < 1.29 is 14.9 Å². The van der Waals surface area contributed by atoms with Crippen molar-refractivity contribution >= 4 is 0 Å². The maximum Gasteiger partial charge on any atom is 0.104 e. The molecule has 3 nitrogen and oxygen atoms in total. The highest BCUT2D eigenvalue weighted by Crippen LogP contribution is 2.45. The Kier molecular flexibility index (Phi) is 14.7. The third-order valence-electron chi connectivity index (χ3n) is 5.73. The molecule has 1 saturated carbocycles. The van der Waals surface area contributed by atoms with Crippen molar-refractivity contribution in [1.29, 1.82) is 0 Å². The highest BCUT2D eigenvalue weighted by molar-refractivity contribution is 4.85. The fourth-order valence-corrected chi connectivity index (χ4v) is 3.83. The van der Waals surface area contributed by atoms with E-state index in [1.54, 1.807) is 0 Å². The predicted molar refractivity (Wildman–Crippen MR) is 106 cm³/mol. The Morgan fingerprint density at radius 2 is 1.20 bits per heavy atom. The van der Waals surface area contributed by atoms with Gasteiger partial charge in [-0.15, -0.1) is 0 Å². The number of hydrogen-bond donors (Lipinski definition) is 2. The van der Waals surface area contributed by atoms with E-state index in [9.17, 15) is 0 Å². The smallest absolute Gasteiger partial charge is 0.104 e. The van der Waals surface area contributed by atoms with E-state index >= 15 is 0 Å². The first-order valence-electron chi connectivity index (χ1n) is 11.1. The van der Waals surface area contributed by atoms with Crippen molar-refractivity contribution in [3.05, 3.63) is 0 Å². The van der Waals surface area contributed by atoms with Gasteiger partial charge in [0, 0.05) is 6.61 Å². The molecule has 0 spiro atoms. The molecule has 25 heavy (non-hydrogen) atoms. The normalized spacial score (nSPS) is 19.7. The van der Waals surface area contributed by atoms with Gasteiger partial charge in [0.2, 0.25) is 0 Å². The third kappa shape index (κ3) is 12.8. The van der Waals surface area contributed by atoms with Crippen LogP contribution in [0.3, 0.4) is 0 Å². The number of aliphatic hydroxyl groups is 2. The topological polar surface area (TPSA) is 49.7 Å². The zero-order valence-electron chi connectivity index (χ0n) is 16.8. The summed E-state index contributed by atoms with van der Waals surface area (Å²) in [5.41, 5.74) is 0. The highest BCUT2D eigenvalue weighted by Gasteiger charge is 2.34. The zero-order chi connectivity index (χ0) is 18.2. The van der Waals surface area contributed by atoms with Crippen molar-refractivity contribution in [1.82, 2.24) is 0 Å². The van der Waals surface area contributed by atoms with Crippen LogP contribution < -0.4 is 0 Å². The summed E-state index contributed by atoms with van der Waals surface area (Å²) in [4.78, 5) is 0. The van der Waals surface area contributed by atoms with Crippen molar-refractivity contribution in [2.45, 2.75) is 109 Å². The molecule has 0 heterocycles. The molecule has 0 bridgehead atoms. The Labute approximate surface area is 156 Å². The van der Waals surface area contributed by atoms with Crippen molar-refractivity contribution in [2.24, 2.45) is 11.8 Å². The van der Waals surface area contributed by atoms with E-state index in [4.69, 9.17) is 14.9 Å². The van der Waals surface area contributed by atoms with Crippen molar-refractivity contribution in [3.63, 3.8) is 0 Å². The molecule has 0 aliphatic heterocycles. The maximum absolute atomic E-state index is 8.90. The molecule has 0 aromatic carbocycles. The average Bonchev–Trinajstić information content (AvgIpc) is 3.38. The molecule has 0 radical (unpaired) electrons. The Hall–Kier alpha value is -0.120. The Morgan fingerprint density at radius 3 is 1.72 bits per heavy atom. The van der Waals surface area contributed by atoms with Gasteiger partial charge >= 0.3 is 0 Å². The first-order chi connectivity index (χ1) is 12.3. The average molecular weight is 357 g/mol. The monoisotopic (exact) mass is 356 g/mol. The molecule has 1 rings (SSSR count). The van der Waals surface area contributed by atoms with Gasteiger partial charge in [-0.25, -0.2) is 0 Å². The number of ether oxygens (including phenoxy) is 1. The van der Waals surface area contributed by atoms with Crippen LogP contribution in [0.15, 0.2) is 0 Å². The molecule has 2 N–H and O–H groups in total. The van der Waals surface area contributed by atoms with Gasteiger partial charge < -0.3 is 14.9 Å². The summed E-state index contributed by atoms with van der Waals surface area (Å²) in [5.74, 6) is 2.15. The fraction of sp³-hybridized carbons (Fsp3) is 1.00. The highest BCUT2D eigenvalue weighted by atomic mass is 16.5. The van der Waals surface area contributed by atoms with Crippen LogP contribution in [0.5, 0.6) is 0 Å². The van der Waals surface area contributed by atoms with E-state index in [1.807, 2.05) is 0 Å². The molecule has 1 fully saturated rings. The van der Waals surface area contributed by atoms with Crippen LogP contribution in [0.25, 0.3) is 0 Å². The molecule has 0 aromatic heterocycles. The first kappa shape index (κ1) is 22.9. The van der Waals surface area contributed by atoms with Gasteiger partial charge in [0.15, 0.2) is 0 Å². The summed E-state index contributed by atoms with van der Waals surface area (Å²) in [6, 6.07) is 0. The van der Waals surface area contributed by atoms with Gasteiger partial charge in [-0.05, 0) is 24.7 Å². The van der Waals surface area contributed by atoms with Gasteiger partial charge in [-0.2, -0.15) is 0 Å². The lowest BCUT2D eigenvalue weighted by atomic mass is 10.0. The molecular formula is C22H44O3. The van der Waals surface area contributed by atoms with Gasteiger partial charge in [-0.3, -0.25) is 0 Å². The minimum absolute atomic E-state index is 0.0858. The lowest BCUT2D eigenvalue weighted by molar-refractivity contribution is -0.0208. The lowest BCUT2D eigenvalue weighted by Crippen LogP contribution is -2.22. The number of unbranched alkanes of at least 4 members (excludes halogenated alkanes) is 10. The summed E-state index contributed by atoms with van der Waals surface area (Å²) < 4.78 is 5.38. The van der Waals surface area contributed by atoms with Crippen LogP contribution in [-0.4, -0.2) is 36.1 Å². The van der Waals surface area contributed by atoms with Gasteiger partial charge in [0.25, 0.3) is 0 Å². The minimum atomic E-state index is -0.386. The van der Waals surface area contributed by atoms with Crippen LogP contribution >= 0.6 is 0 Å². The zero-order valence-corrected chi connectivity index (χ0v) is 16.8. The van der Waals surface area contributed by atoms with Crippen LogP contribution in [0.1, 0.15) is 103 Å². The van der Waals surface area contributed by atoms with Gasteiger partial charge in [0.1, 0.15) is 6.10 Å².